The Morgan fingerprint density at radius 1 is 1.09 bits per heavy atom. The fourth-order valence-electron chi connectivity index (χ4n) is 5.44. The molecule has 45 heavy (non-hydrogen) atoms. The first-order chi connectivity index (χ1) is 21.4. The third kappa shape index (κ3) is 8.76. The Morgan fingerprint density at radius 2 is 1.87 bits per heavy atom. The van der Waals surface area contributed by atoms with Crippen LogP contribution in [-0.2, 0) is 32.3 Å². The summed E-state index contributed by atoms with van der Waals surface area (Å²) in [6.07, 6.45) is 5.35. The van der Waals surface area contributed by atoms with Gasteiger partial charge in [0.1, 0.15) is 19.2 Å². The lowest BCUT2D eigenvalue weighted by Crippen LogP contribution is -2.48. The smallest absolute Gasteiger partial charge is 0.410 e. The lowest BCUT2D eigenvalue weighted by atomic mass is 9.96. The molecule has 0 bridgehead atoms. The fraction of sp³-hybridized carbons (Fsp3) is 0.516. The highest BCUT2D eigenvalue weighted by Gasteiger charge is 2.31. The molecule has 1 amide bonds. The van der Waals surface area contributed by atoms with Gasteiger partial charge in [0.25, 0.3) is 0 Å². The van der Waals surface area contributed by atoms with Crippen molar-refractivity contribution < 1.29 is 22.7 Å². The minimum absolute atomic E-state index is 0.175. The number of rotatable bonds is 11. The molecule has 2 aliphatic rings. The van der Waals surface area contributed by atoms with Crippen LogP contribution in [0.25, 0.3) is 11.3 Å². The number of hydrogen-bond donors (Lipinski definition) is 1. The number of amides is 1. The number of nitrogens with zero attached hydrogens (tertiary/aromatic N) is 6. The molecule has 0 radical (unpaired) electrons. The minimum Gasteiger partial charge on any atom is -0.445 e. The van der Waals surface area contributed by atoms with Crippen molar-refractivity contribution in [1.29, 1.82) is 0 Å². The summed E-state index contributed by atoms with van der Waals surface area (Å²) < 4.78 is 36.4. The molecule has 2 aromatic heterocycles. The van der Waals surface area contributed by atoms with Gasteiger partial charge in [-0.2, -0.15) is 0 Å². The summed E-state index contributed by atoms with van der Waals surface area (Å²) in [5, 5.41) is 3.13. The predicted molar refractivity (Wildman–Crippen MR) is 176 cm³/mol. The highest BCUT2D eigenvalue weighted by atomic mass is 32.2. The number of anilines is 2. The largest absolute Gasteiger partial charge is 0.445 e. The van der Waals surface area contributed by atoms with E-state index in [-0.39, 0.29) is 23.7 Å². The summed E-state index contributed by atoms with van der Waals surface area (Å²) >= 11 is 0. The second-order valence-electron chi connectivity index (χ2n) is 13.2. The molecule has 1 aromatic carbocycles. The summed E-state index contributed by atoms with van der Waals surface area (Å²) in [4.78, 5) is 35.0. The van der Waals surface area contributed by atoms with Gasteiger partial charge in [-0.05, 0) is 23.9 Å². The Kier molecular flexibility index (Phi) is 10.0. The second kappa shape index (κ2) is 13.8. The number of nitrogens with one attached hydrogen (secondary N) is 1. The molecule has 0 unspecified atom stereocenters. The number of carbonyl (C=O) groups excluding carboxylic acids is 1. The van der Waals surface area contributed by atoms with E-state index in [1.54, 1.807) is 11.1 Å². The van der Waals surface area contributed by atoms with E-state index in [1.807, 2.05) is 30.3 Å². The van der Waals surface area contributed by atoms with Gasteiger partial charge in [-0.25, -0.2) is 28.2 Å². The summed E-state index contributed by atoms with van der Waals surface area (Å²) in [5.41, 5.74) is 2.85. The van der Waals surface area contributed by atoms with Crippen LogP contribution in [-0.4, -0.2) is 92.7 Å². The zero-order valence-electron chi connectivity index (χ0n) is 26.7. The van der Waals surface area contributed by atoms with Gasteiger partial charge >= 0.3 is 6.09 Å². The van der Waals surface area contributed by atoms with E-state index in [4.69, 9.17) is 14.5 Å². The Hall–Kier alpha value is -3.62. The van der Waals surface area contributed by atoms with Crippen LogP contribution in [0, 0.1) is 5.92 Å². The lowest BCUT2D eigenvalue weighted by Gasteiger charge is -2.36. The van der Waals surface area contributed by atoms with Crippen LogP contribution in [0.2, 0.25) is 25.7 Å². The van der Waals surface area contributed by atoms with Gasteiger partial charge < -0.3 is 24.6 Å². The number of benzene rings is 1. The standard InChI is InChI=1S/C31H43N7O5SSi/c1-22-15-24(19-38(18-22)31(39)43-20-23-9-7-6-8-10-23)34-28-25(16-33-30(36-28)44(2,40)41)27-17-32-26-11-12-37(29(26)35-27)21-42-13-14-45(3,4)5/h6-10,16-17,22,24H,11-15,18-21H2,1-5H3,(H,33,34,36)/t22-,24-/m0/s1. The van der Waals surface area contributed by atoms with Crippen molar-refractivity contribution in [3.8, 4) is 11.3 Å². The molecule has 12 nitrogen and oxygen atoms in total. The van der Waals surface area contributed by atoms with E-state index in [2.05, 4.69) is 51.7 Å². The molecular weight excluding hydrogens is 611 g/mol. The number of hydrogen-bond acceptors (Lipinski definition) is 11. The van der Waals surface area contributed by atoms with E-state index in [0.717, 1.165) is 48.8 Å². The van der Waals surface area contributed by atoms with Crippen molar-refractivity contribution in [2.24, 2.45) is 5.92 Å². The van der Waals surface area contributed by atoms with Crippen LogP contribution in [0.15, 0.2) is 47.9 Å². The number of aromatic nitrogens is 4. The van der Waals surface area contributed by atoms with Crippen LogP contribution in [0.5, 0.6) is 0 Å². The SMILES string of the molecule is C[C@H]1C[C@H](Nc2nc(S(C)(=O)=O)ncc2-c2cnc3c(n2)N(COCC[Si](C)(C)C)CC3)CN(C(=O)OCc2ccccc2)C1. The van der Waals surface area contributed by atoms with E-state index < -0.39 is 24.0 Å². The Balaban J connectivity index is 1.35. The quantitative estimate of drug-likeness (QED) is 0.178. The normalized spacial score (nSPS) is 18.5. The maximum atomic E-state index is 13.0. The molecule has 1 saturated heterocycles. The van der Waals surface area contributed by atoms with Gasteiger partial charge in [0.15, 0.2) is 5.82 Å². The molecule has 2 aliphatic heterocycles. The van der Waals surface area contributed by atoms with E-state index >= 15 is 0 Å². The van der Waals surface area contributed by atoms with Gasteiger partial charge in [0.2, 0.25) is 15.0 Å². The molecule has 0 saturated carbocycles. The maximum Gasteiger partial charge on any atom is 0.410 e. The number of piperidine rings is 1. The molecule has 3 aromatic rings. The topological polar surface area (TPSA) is 140 Å². The van der Waals surface area contributed by atoms with Gasteiger partial charge in [0.05, 0.1) is 23.1 Å². The van der Waals surface area contributed by atoms with Crippen molar-refractivity contribution in [2.45, 2.75) is 63.3 Å². The first kappa shape index (κ1) is 32.8. The number of likely N-dealkylation sites (tertiary alicyclic amines) is 1. The highest BCUT2D eigenvalue weighted by Crippen LogP contribution is 2.32. The molecule has 1 N–H and O–H groups in total. The third-order valence-electron chi connectivity index (χ3n) is 7.83. The van der Waals surface area contributed by atoms with E-state index in [1.165, 1.54) is 6.20 Å². The molecule has 4 heterocycles. The van der Waals surface area contributed by atoms with Gasteiger partial charge in [0, 0.05) is 59.2 Å². The van der Waals surface area contributed by atoms with Gasteiger partial charge in [-0.1, -0.05) is 56.9 Å². The zero-order chi connectivity index (χ0) is 32.2. The van der Waals surface area contributed by atoms with Crippen molar-refractivity contribution in [2.75, 3.05) is 49.4 Å². The highest BCUT2D eigenvalue weighted by molar-refractivity contribution is 7.90. The van der Waals surface area contributed by atoms with Crippen molar-refractivity contribution in [3.63, 3.8) is 0 Å². The lowest BCUT2D eigenvalue weighted by molar-refractivity contribution is 0.0783. The molecule has 242 valence electrons. The Labute approximate surface area is 266 Å². The van der Waals surface area contributed by atoms with Crippen LogP contribution in [0.4, 0.5) is 16.4 Å². The minimum atomic E-state index is -3.68. The molecular formula is C31H43N7O5SSi. The second-order valence-corrected chi connectivity index (χ2v) is 20.7. The zero-order valence-corrected chi connectivity index (χ0v) is 28.5. The van der Waals surface area contributed by atoms with Crippen molar-refractivity contribution in [3.05, 3.63) is 54.0 Å². The van der Waals surface area contributed by atoms with E-state index in [9.17, 15) is 13.2 Å². The summed E-state index contributed by atoms with van der Waals surface area (Å²) in [6, 6.07) is 10.4. The van der Waals surface area contributed by atoms with Crippen LogP contribution < -0.4 is 10.2 Å². The maximum absolute atomic E-state index is 13.0. The third-order valence-corrected chi connectivity index (χ3v) is 10.4. The van der Waals surface area contributed by atoms with Crippen LogP contribution >= 0.6 is 0 Å². The van der Waals surface area contributed by atoms with Crippen LogP contribution in [0.1, 0.15) is 24.6 Å². The first-order valence-corrected chi connectivity index (χ1v) is 20.9. The first-order valence-electron chi connectivity index (χ1n) is 15.3. The summed E-state index contributed by atoms with van der Waals surface area (Å²) in [6.45, 7) is 12.1. The molecule has 14 heteroatoms. The number of sulfone groups is 1. The number of carbonyl (C=O) groups is 1. The molecule has 2 atom stereocenters. The van der Waals surface area contributed by atoms with Crippen molar-refractivity contribution >= 4 is 35.6 Å². The predicted octanol–water partition coefficient (Wildman–Crippen LogP) is 4.47. The average molecular weight is 654 g/mol. The van der Waals surface area contributed by atoms with Gasteiger partial charge in [-0.15, -0.1) is 0 Å². The number of ether oxygens (including phenoxy) is 2. The molecule has 0 spiro atoms. The number of fused-ring (bicyclic) bond motifs is 1. The average Bonchev–Trinajstić information content (AvgIpc) is 3.39. The van der Waals surface area contributed by atoms with E-state index in [0.29, 0.717) is 43.5 Å². The van der Waals surface area contributed by atoms with Crippen molar-refractivity contribution in [1.82, 2.24) is 24.8 Å². The molecule has 1 fully saturated rings. The Bertz CT molecular complexity index is 1600. The Morgan fingerprint density at radius 3 is 2.60 bits per heavy atom. The molecule has 5 rings (SSSR count). The summed E-state index contributed by atoms with van der Waals surface area (Å²) in [5.74, 6) is 1.25. The fourth-order valence-corrected chi connectivity index (χ4v) is 6.70. The molecule has 0 aliphatic carbocycles. The van der Waals surface area contributed by atoms with Crippen LogP contribution in [0.3, 0.4) is 0 Å². The van der Waals surface area contributed by atoms with Gasteiger partial charge in [-0.3, -0.25) is 4.98 Å². The monoisotopic (exact) mass is 653 g/mol. The summed E-state index contributed by atoms with van der Waals surface area (Å²) in [7, 11) is -4.88.